The summed E-state index contributed by atoms with van der Waals surface area (Å²) >= 11 is 0. The van der Waals surface area contributed by atoms with E-state index in [9.17, 15) is 5.26 Å². The number of rotatable bonds is 5. The largest absolute Gasteiger partial charge is 0.359 e. The minimum atomic E-state index is 0.711. The zero-order valence-electron chi connectivity index (χ0n) is 11.2. The highest BCUT2D eigenvalue weighted by molar-refractivity contribution is 5.56. The smallest absolute Gasteiger partial charge is 0.146 e. The van der Waals surface area contributed by atoms with Crippen LogP contribution in [-0.4, -0.2) is 32.2 Å². The average molecular weight is 244 g/mol. The number of nitriles is 1. The molecule has 1 aromatic rings. The summed E-state index contributed by atoms with van der Waals surface area (Å²) in [6.07, 6.45) is 4.34. The Morgan fingerprint density at radius 1 is 1.50 bits per heavy atom. The Kier molecular flexibility index (Phi) is 4.16. The molecule has 0 amide bonds. The molecule has 0 aromatic carbocycles. The van der Waals surface area contributed by atoms with Crippen LogP contribution in [0.5, 0.6) is 0 Å². The van der Waals surface area contributed by atoms with E-state index in [1.165, 1.54) is 17.7 Å². The van der Waals surface area contributed by atoms with Gasteiger partial charge in [0.2, 0.25) is 0 Å². The second-order valence-electron chi connectivity index (χ2n) is 4.81. The fourth-order valence-corrected chi connectivity index (χ4v) is 2.43. The van der Waals surface area contributed by atoms with E-state index in [4.69, 9.17) is 0 Å². The van der Waals surface area contributed by atoms with Crippen LogP contribution < -0.4 is 10.2 Å². The van der Waals surface area contributed by atoms with Crippen molar-refractivity contribution in [3.05, 3.63) is 22.9 Å². The quantitative estimate of drug-likeness (QED) is 0.797. The molecule has 0 spiro atoms. The van der Waals surface area contributed by atoms with Gasteiger partial charge in [0.1, 0.15) is 11.9 Å². The Hall–Kier alpha value is -1.60. The highest BCUT2D eigenvalue weighted by Crippen LogP contribution is 2.26. The maximum absolute atomic E-state index is 9.24. The highest BCUT2D eigenvalue weighted by atomic mass is 15.2. The molecule has 0 saturated carbocycles. The molecule has 1 aromatic heterocycles. The summed E-state index contributed by atoms with van der Waals surface area (Å²) in [5, 5.41) is 12.4. The maximum atomic E-state index is 9.24. The first-order chi connectivity index (χ1) is 8.76. The molecule has 0 unspecified atom stereocenters. The third-order valence-electron chi connectivity index (χ3n) is 3.43. The van der Waals surface area contributed by atoms with Crippen LogP contribution in [0.2, 0.25) is 0 Å². The number of hydrogen-bond acceptors (Lipinski definition) is 4. The number of nitrogens with one attached hydrogen (secondary N) is 1. The number of aromatic nitrogens is 1. The van der Waals surface area contributed by atoms with E-state index >= 15 is 0 Å². The van der Waals surface area contributed by atoms with Crippen molar-refractivity contribution < 1.29 is 0 Å². The van der Waals surface area contributed by atoms with Crippen LogP contribution in [0.4, 0.5) is 5.82 Å². The van der Waals surface area contributed by atoms with Crippen LogP contribution >= 0.6 is 0 Å². The highest BCUT2D eigenvalue weighted by Gasteiger charge is 2.18. The zero-order chi connectivity index (χ0) is 13.0. The van der Waals surface area contributed by atoms with Crippen molar-refractivity contribution >= 4 is 5.82 Å². The van der Waals surface area contributed by atoms with Gasteiger partial charge < -0.3 is 10.2 Å². The molecule has 4 heteroatoms. The van der Waals surface area contributed by atoms with Crippen LogP contribution in [-0.2, 0) is 12.8 Å². The standard InChI is InChI=1S/C14H20N4/c1-16-7-4-8-18(2)14-12(10-15)9-11-5-3-6-13(11)17-14/h9,16H,3-8H2,1-2H3. The first-order valence-electron chi connectivity index (χ1n) is 6.55. The van der Waals surface area contributed by atoms with Crippen molar-refractivity contribution in [1.82, 2.24) is 10.3 Å². The lowest BCUT2D eigenvalue weighted by atomic mass is 10.1. The first-order valence-corrected chi connectivity index (χ1v) is 6.55. The molecular formula is C14H20N4. The second kappa shape index (κ2) is 5.83. The summed E-state index contributed by atoms with van der Waals surface area (Å²) in [4.78, 5) is 6.78. The lowest BCUT2D eigenvalue weighted by Gasteiger charge is -2.20. The van der Waals surface area contributed by atoms with E-state index in [0.29, 0.717) is 5.56 Å². The van der Waals surface area contributed by atoms with Gasteiger partial charge in [-0.05, 0) is 50.9 Å². The Morgan fingerprint density at radius 2 is 2.33 bits per heavy atom. The van der Waals surface area contributed by atoms with Crippen molar-refractivity contribution in [2.24, 2.45) is 0 Å². The van der Waals surface area contributed by atoms with E-state index in [2.05, 4.69) is 21.3 Å². The van der Waals surface area contributed by atoms with Crippen molar-refractivity contribution in [2.75, 3.05) is 32.1 Å². The molecule has 0 fully saturated rings. The first kappa shape index (κ1) is 12.8. The number of anilines is 1. The van der Waals surface area contributed by atoms with Crippen LogP contribution in [0.1, 0.15) is 29.7 Å². The van der Waals surface area contributed by atoms with Crippen LogP contribution in [0.15, 0.2) is 6.07 Å². The van der Waals surface area contributed by atoms with Gasteiger partial charge in [0.05, 0.1) is 5.56 Å². The number of pyridine rings is 1. The third kappa shape index (κ3) is 2.62. The van der Waals surface area contributed by atoms with Gasteiger partial charge in [-0.15, -0.1) is 0 Å². The van der Waals surface area contributed by atoms with Crippen molar-refractivity contribution in [1.29, 1.82) is 5.26 Å². The molecule has 0 radical (unpaired) electrons. The number of nitrogens with zero attached hydrogens (tertiary/aromatic N) is 3. The fraction of sp³-hybridized carbons (Fsp3) is 0.571. The van der Waals surface area contributed by atoms with E-state index in [1.54, 1.807) is 0 Å². The van der Waals surface area contributed by atoms with Gasteiger partial charge in [0, 0.05) is 19.3 Å². The molecule has 4 nitrogen and oxygen atoms in total. The van der Waals surface area contributed by atoms with Crippen molar-refractivity contribution in [2.45, 2.75) is 25.7 Å². The molecule has 0 saturated heterocycles. The average Bonchev–Trinajstić information content (AvgIpc) is 2.84. The fourth-order valence-electron chi connectivity index (χ4n) is 2.43. The predicted molar refractivity (Wildman–Crippen MR) is 72.8 cm³/mol. The van der Waals surface area contributed by atoms with Gasteiger partial charge in [-0.2, -0.15) is 5.26 Å². The van der Waals surface area contributed by atoms with Crippen molar-refractivity contribution in [3.63, 3.8) is 0 Å². The summed E-state index contributed by atoms with van der Waals surface area (Å²) in [6, 6.07) is 4.30. The number of aryl methyl sites for hydroxylation is 2. The molecule has 2 rings (SSSR count). The summed E-state index contributed by atoms with van der Waals surface area (Å²) in [7, 11) is 3.97. The summed E-state index contributed by atoms with van der Waals surface area (Å²) < 4.78 is 0. The zero-order valence-corrected chi connectivity index (χ0v) is 11.2. The minimum absolute atomic E-state index is 0.711. The molecule has 18 heavy (non-hydrogen) atoms. The number of fused-ring (bicyclic) bond motifs is 1. The van der Waals surface area contributed by atoms with Gasteiger partial charge in [0.25, 0.3) is 0 Å². The lowest BCUT2D eigenvalue weighted by molar-refractivity contribution is 0.708. The van der Waals surface area contributed by atoms with E-state index in [1.807, 2.05) is 20.2 Å². The van der Waals surface area contributed by atoms with Gasteiger partial charge >= 0.3 is 0 Å². The van der Waals surface area contributed by atoms with Crippen LogP contribution in [0, 0.1) is 11.3 Å². The van der Waals surface area contributed by atoms with Crippen molar-refractivity contribution in [3.8, 4) is 6.07 Å². The Labute approximate surface area is 109 Å². The van der Waals surface area contributed by atoms with Gasteiger partial charge in [0.15, 0.2) is 0 Å². The molecule has 1 heterocycles. The predicted octanol–water partition coefficient (Wildman–Crippen LogP) is 1.49. The Morgan fingerprint density at radius 3 is 3.06 bits per heavy atom. The molecule has 0 atom stereocenters. The Bertz CT molecular complexity index is 462. The molecule has 1 aliphatic carbocycles. The topological polar surface area (TPSA) is 52.0 Å². The van der Waals surface area contributed by atoms with E-state index in [0.717, 1.165) is 38.2 Å². The van der Waals surface area contributed by atoms with E-state index < -0.39 is 0 Å². The summed E-state index contributed by atoms with van der Waals surface area (Å²) in [6.45, 7) is 1.90. The minimum Gasteiger partial charge on any atom is -0.359 e. The van der Waals surface area contributed by atoms with Crippen LogP contribution in [0.25, 0.3) is 0 Å². The maximum Gasteiger partial charge on any atom is 0.146 e. The monoisotopic (exact) mass is 244 g/mol. The summed E-state index contributed by atoms with van der Waals surface area (Å²) in [5.74, 6) is 0.842. The van der Waals surface area contributed by atoms with Gasteiger partial charge in [-0.3, -0.25) is 0 Å². The molecule has 1 aliphatic rings. The lowest BCUT2D eigenvalue weighted by Crippen LogP contribution is -2.24. The second-order valence-corrected chi connectivity index (χ2v) is 4.81. The third-order valence-corrected chi connectivity index (χ3v) is 3.43. The van der Waals surface area contributed by atoms with Gasteiger partial charge in [-0.1, -0.05) is 0 Å². The molecule has 0 aliphatic heterocycles. The van der Waals surface area contributed by atoms with Gasteiger partial charge in [-0.25, -0.2) is 4.98 Å². The summed E-state index contributed by atoms with van der Waals surface area (Å²) in [5.41, 5.74) is 3.16. The Balaban J connectivity index is 2.18. The normalized spacial score (nSPS) is 13.2. The molecule has 96 valence electrons. The SMILES string of the molecule is CNCCCN(C)c1nc2c(cc1C#N)CCC2. The number of hydrogen-bond donors (Lipinski definition) is 1. The molecule has 0 bridgehead atoms. The molecular weight excluding hydrogens is 224 g/mol. The van der Waals surface area contributed by atoms with Crippen LogP contribution in [0.3, 0.4) is 0 Å². The van der Waals surface area contributed by atoms with E-state index in [-0.39, 0.29) is 0 Å². The molecule has 1 N–H and O–H groups in total.